The van der Waals surface area contributed by atoms with Crippen molar-refractivity contribution in [3.8, 4) is 0 Å². The molecule has 6 heteroatoms. The van der Waals surface area contributed by atoms with Crippen LogP contribution in [0.5, 0.6) is 0 Å². The third-order valence-electron chi connectivity index (χ3n) is 3.64. The molecule has 0 saturated heterocycles. The number of carbonyl (C=O) groups is 2. The Morgan fingerprint density at radius 1 is 1.08 bits per heavy atom. The number of pyridine rings is 1. The molecule has 1 aromatic carbocycles. The molecule has 0 fully saturated rings. The van der Waals surface area contributed by atoms with Gasteiger partial charge < -0.3 is 15.0 Å². The Kier molecular flexibility index (Phi) is 7.10. The van der Waals surface area contributed by atoms with Gasteiger partial charge in [0, 0.05) is 32.5 Å². The fourth-order valence-electron chi connectivity index (χ4n) is 2.38. The molecule has 0 aliphatic carbocycles. The van der Waals surface area contributed by atoms with E-state index in [0.29, 0.717) is 19.7 Å². The Balaban J connectivity index is 2.11. The Labute approximate surface area is 147 Å². The van der Waals surface area contributed by atoms with Crippen LogP contribution < -0.4 is 10.2 Å². The minimum absolute atomic E-state index is 0.229. The van der Waals surface area contributed by atoms with Crippen molar-refractivity contribution >= 4 is 17.5 Å². The zero-order valence-corrected chi connectivity index (χ0v) is 14.6. The molecule has 0 bridgehead atoms. The third kappa shape index (κ3) is 5.12. The molecule has 0 atom stereocenters. The quantitative estimate of drug-likeness (QED) is 0.749. The molecular formula is C19H23N3O3. The predicted molar refractivity (Wildman–Crippen MR) is 96.9 cm³/mol. The van der Waals surface area contributed by atoms with Crippen LogP contribution >= 0.6 is 0 Å². The minimum atomic E-state index is -0.298. The average Bonchev–Trinajstić information content (AvgIpc) is 2.66. The number of nitrogens with one attached hydrogen (secondary N) is 1. The lowest BCUT2D eigenvalue weighted by Gasteiger charge is -2.20. The van der Waals surface area contributed by atoms with E-state index in [0.717, 1.165) is 12.1 Å². The van der Waals surface area contributed by atoms with Gasteiger partial charge in [-0.05, 0) is 37.6 Å². The highest BCUT2D eigenvalue weighted by atomic mass is 16.5. The molecule has 0 spiro atoms. The van der Waals surface area contributed by atoms with Gasteiger partial charge in [0.1, 0.15) is 11.4 Å². The number of hydrogen-bond donors (Lipinski definition) is 1. The van der Waals surface area contributed by atoms with Gasteiger partial charge in [-0.3, -0.25) is 9.59 Å². The van der Waals surface area contributed by atoms with E-state index in [4.69, 9.17) is 4.74 Å². The second-order valence-corrected chi connectivity index (χ2v) is 5.40. The van der Waals surface area contributed by atoms with Crippen LogP contribution in [0.1, 0.15) is 34.3 Å². The maximum Gasteiger partial charge on any atom is 0.276 e. The number of ether oxygens (including phenoxy) is 1. The van der Waals surface area contributed by atoms with E-state index in [1.165, 1.54) is 0 Å². The van der Waals surface area contributed by atoms with Gasteiger partial charge in [0.25, 0.3) is 11.8 Å². The molecule has 2 aromatic rings. The Hall–Kier alpha value is -2.73. The van der Waals surface area contributed by atoms with Crippen LogP contribution in [-0.4, -0.2) is 43.6 Å². The molecule has 0 aliphatic heterocycles. The molecule has 2 amide bonds. The van der Waals surface area contributed by atoms with Crippen LogP contribution in [0.15, 0.2) is 48.5 Å². The van der Waals surface area contributed by atoms with Crippen LogP contribution in [0, 0.1) is 0 Å². The van der Waals surface area contributed by atoms with Crippen molar-refractivity contribution in [2.24, 2.45) is 0 Å². The smallest absolute Gasteiger partial charge is 0.276 e. The van der Waals surface area contributed by atoms with Gasteiger partial charge in [0.05, 0.1) is 0 Å². The largest absolute Gasteiger partial charge is 0.385 e. The summed E-state index contributed by atoms with van der Waals surface area (Å²) < 4.78 is 4.94. The first kappa shape index (κ1) is 18.6. The van der Waals surface area contributed by atoms with Gasteiger partial charge >= 0.3 is 0 Å². The molecule has 1 heterocycles. The zero-order chi connectivity index (χ0) is 18.1. The number of hydrogen-bond acceptors (Lipinski definition) is 4. The monoisotopic (exact) mass is 341 g/mol. The molecule has 0 aliphatic rings. The molecule has 6 nitrogen and oxygen atoms in total. The van der Waals surface area contributed by atoms with Crippen molar-refractivity contribution in [2.45, 2.75) is 13.3 Å². The molecule has 132 valence electrons. The average molecular weight is 341 g/mol. The van der Waals surface area contributed by atoms with Crippen molar-refractivity contribution in [3.63, 3.8) is 0 Å². The summed E-state index contributed by atoms with van der Waals surface area (Å²) in [6.07, 6.45) is 0.721. The third-order valence-corrected chi connectivity index (χ3v) is 3.64. The minimum Gasteiger partial charge on any atom is -0.385 e. The normalized spacial score (nSPS) is 10.3. The first-order valence-electron chi connectivity index (χ1n) is 8.28. The van der Waals surface area contributed by atoms with Gasteiger partial charge in [0.2, 0.25) is 0 Å². The molecule has 0 saturated carbocycles. The summed E-state index contributed by atoms with van der Waals surface area (Å²) in [5, 5.41) is 2.77. The number of benzene rings is 1. The van der Waals surface area contributed by atoms with E-state index < -0.39 is 0 Å². The SMILES string of the molecule is CCN(C(=O)c1cccc(C(=O)NCCCOC)n1)c1ccccc1. The molecule has 0 unspecified atom stereocenters. The lowest BCUT2D eigenvalue weighted by Crippen LogP contribution is -2.32. The van der Waals surface area contributed by atoms with E-state index in [9.17, 15) is 9.59 Å². The van der Waals surface area contributed by atoms with Gasteiger partial charge in [0.15, 0.2) is 0 Å². The van der Waals surface area contributed by atoms with Crippen molar-refractivity contribution in [1.29, 1.82) is 0 Å². The molecule has 25 heavy (non-hydrogen) atoms. The topological polar surface area (TPSA) is 71.5 Å². The number of rotatable bonds is 8. The Morgan fingerprint density at radius 2 is 1.80 bits per heavy atom. The number of nitrogens with zero attached hydrogens (tertiary/aromatic N) is 2. The van der Waals surface area contributed by atoms with E-state index in [2.05, 4.69) is 10.3 Å². The zero-order valence-electron chi connectivity index (χ0n) is 14.6. The standard InChI is InChI=1S/C19H23N3O3/c1-3-22(15-9-5-4-6-10-15)19(24)17-12-7-11-16(21-17)18(23)20-13-8-14-25-2/h4-7,9-12H,3,8,13-14H2,1-2H3,(H,20,23). The van der Waals surface area contributed by atoms with Gasteiger partial charge in [-0.15, -0.1) is 0 Å². The van der Waals surface area contributed by atoms with Gasteiger partial charge in [-0.25, -0.2) is 4.98 Å². The summed E-state index contributed by atoms with van der Waals surface area (Å²) in [5.74, 6) is -0.531. The van der Waals surface area contributed by atoms with E-state index in [-0.39, 0.29) is 23.2 Å². The maximum atomic E-state index is 12.8. The van der Waals surface area contributed by atoms with Crippen molar-refractivity contribution < 1.29 is 14.3 Å². The van der Waals surface area contributed by atoms with E-state index >= 15 is 0 Å². The van der Waals surface area contributed by atoms with Gasteiger partial charge in [-0.2, -0.15) is 0 Å². The predicted octanol–water partition coefficient (Wildman–Crippen LogP) is 2.51. The Bertz CT molecular complexity index is 704. The Morgan fingerprint density at radius 3 is 2.48 bits per heavy atom. The lowest BCUT2D eigenvalue weighted by molar-refractivity contribution is 0.0943. The number of carbonyl (C=O) groups excluding carboxylic acids is 2. The highest BCUT2D eigenvalue weighted by molar-refractivity contribution is 6.05. The second-order valence-electron chi connectivity index (χ2n) is 5.40. The molecular weight excluding hydrogens is 318 g/mol. The van der Waals surface area contributed by atoms with Crippen LogP contribution in [0.2, 0.25) is 0 Å². The number of anilines is 1. The first-order valence-corrected chi connectivity index (χ1v) is 8.28. The van der Waals surface area contributed by atoms with Crippen molar-refractivity contribution in [3.05, 3.63) is 59.9 Å². The van der Waals surface area contributed by atoms with E-state index in [1.54, 1.807) is 30.2 Å². The second kappa shape index (κ2) is 9.54. The summed E-state index contributed by atoms with van der Waals surface area (Å²) in [4.78, 5) is 30.8. The van der Waals surface area contributed by atoms with E-state index in [1.807, 2.05) is 37.3 Å². The molecule has 1 N–H and O–H groups in total. The summed E-state index contributed by atoms with van der Waals surface area (Å²) in [5.41, 5.74) is 1.27. The van der Waals surface area contributed by atoms with Crippen LogP contribution in [0.25, 0.3) is 0 Å². The van der Waals surface area contributed by atoms with Crippen LogP contribution in [0.3, 0.4) is 0 Å². The summed E-state index contributed by atoms with van der Waals surface area (Å²) in [6, 6.07) is 14.3. The molecule has 0 radical (unpaired) electrons. The fourth-order valence-corrected chi connectivity index (χ4v) is 2.38. The molecule has 2 rings (SSSR count). The number of methoxy groups -OCH3 is 1. The first-order chi connectivity index (χ1) is 12.2. The van der Waals surface area contributed by atoms with Gasteiger partial charge in [-0.1, -0.05) is 24.3 Å². The number of aromatic nitrogens is 1. The number of para-hydroxylation sites is 1. The lowest BCUT2D eigenvalue weighted by atomic mass is 10.2. The highest BCUT2D eigenvalue weighted by Gasteiger charge is 2.18. The van der Waals surface area contributed by atoms with Crippen LogP contribution in [-0.2, 0) is 4.74 Å². The number of amides is 2. The maximum absolute atomic E-state index is 12.8. The fraction of sp³-hybridized carbons (Fsp3) is 0.316. The summed E-state index contributed by atoms with van der Waals surface area (Å²) in [6.45, 7) is 3.49. The summed E-state index contributed by atoms with van der Waals surface area (Å²) >= 11 is 0. The molecule has 1 aromatic heterocycles. The highest BCUT2D eigenvalue weighted by Crippen LogP contribution is 2.16. The van der Waals surface area contributed by atoms with Crippen LogP contribution in [0.4, 0.5) is 5.69 Å². The summed E-state index contributed by atoms with van der Waals surface area (Å²) in [7, 11) is 1.62. The van der Waals surface area contributed by atoms with Crippen molar-refractivity contribution in [1.82, 2.24) is 10.3 Å². The van der Waals surface area contributed by atoms with Crippen molar-refractivity contribution in [2.75, 3.05) is 31.7 Å².